The molecule has 0 radical (unpaired) electrons. The second-order valence-corrected chi connectivity index (χ2v) is 7.99. The fourth-order valence-corrected chi connectivity index (χ4v) is 4.24. The fourth-order valence-electron chi connectivity index (χ4n) is 2.44. The monoisotopic (exact) mass is 352 g/mol. The molecule has 0 spiro atoms. The van der Waals surface area contributed by atoms with Crippen LogP contribution >= 0.6 is 24.0 Å². The van der Waals surface area contributed by atoms with Gasteiger partial charge in [-0.3, -0.25) is 0 Å². The van der Waals surface area contributed by atoms with Crippen LogP contribution in [0.5, 0.6) is 0 Å². The number of piperidine rings is 1. The molecule has 0 aromatic heterocycles. The van der Waals surface area contributed by atoms with Crippen LogP contribution < -0.4 is 10.0 Å². The van der Waals surface area contributed by atoms with E-state index in [-0.39, 0.29) is 27.7 Å². The van der Waals surface area contributed by atoms with Crippen molar-refractivity contribution in [1.29, 1.82) is 0 Å². The number of hydrogen-bond donors (Lipinski definition) is 2. The normalized spacial score (nSPS) is 22.6. The van der Waals surface area contributed by atoms with Gasteiger partial charge in [0.1, 0.15) is 4.90 Å². The maximum atomic E-state index is 12.3. The topological polar surface area (TPSA) is 58.2 Å². The molecule has 2 N–H and O–H groups in total. The minimum Gasteiger partial charge on any atom is -0.316 e. The zero-order chi connectivity index (χ0) is 14.8. The molecule has 1 aliphatic rings. The van der Waals surface area contributed by atoms with Crippen LogP contribution in [0.3, 0.4) is 0 Å². The molecule has 1 aliphatic heterocycles. The molecule has 0 aliphatic carbocycles. The van der Waals surface area contributed by atoms with E-state index in [1.807, 2.05) is 6.92 Å². The third-order valence-corrected chi connectivity index (χ3v) is 5.64. The molecule has 21 heavy (non-hydrogen) atoms. The summed E-state index contributed by atoms with van der Waals surface area (Å²) in [5.41, 5.74) is 0.903. The summed E-state index contributed by atoms with van der Waals surface area (Å²) >= 11 is 6.04. The van der Waals surface area contributed by atoms with Crippen molar-refractivity contribution in [3.8, 4) is 0 Å². The standard InChI is InChI=1S/C14H21ClN2O2S.ClH/c1-11-4-5-13(12(15)8-11)20(18,19)17-10-14(2)6-3-7-16-9-14;/h4-5,8,16-17H,3,6-7,9-10H2,1-2H3;1H. The molecule has 1 saturated heterocycles. The summed E-state index contributed by atoms with van der Waals surface area (Å²) in [6.07, 6.45) is 2.09. The Hall–Kier alpha value is -0.330. The summed E-state index contributed by atoms with van der Waals surface area (Å²) < 4.78 is 27.4. The molecule has 0 saturated carbocycles. The molecule has 1 aromatic carbocycles. The lowest BCUT2D eigenvalue weighted by molar-refractivity contribution is 0.238. The molecular formula is C14H22Cl2N2O2S. The lowest BCUT2D eigenvalue weighted by Gasteiger charge is -2.34. The van der Waals surface area contributed by atoms with E-state index in [1.54, 1.807) is 18.2 Å². The lowest BCUT2D eigenvalue weighted by atomic mass is 9.83. The second kappa shape index (κ2) is 7.29. The van der Waals surface area contributed by atoms with Crippen molar-refractivity contribution in [2.45, 2.75) is 31.6 Å². The Kier molecular flexibility index (Phi) is 6.50. The Morgan fingerprint density at radius 2 is 2.14 bits per heavy atom. The van der Waals surface area contributed by atoms with Crippen LogP contribution in [0.4, 0.5) is 0 Å². The minimum absolute atomic E-state index is 0. The van der Waals surface area contributed by atoms with Crippen molar-refractivity contribution in [3.63, 3.8) is 0 Å². The van der Waals surface area contributed by atoms with Crippen LogP contribution in [0, 0.1) is 12.3 Å². The first-order valence-corrected chi connectivity index (χ1v) is 8.65. The van der Waals surface area contributed by atoms with E-state index >= 15 is 0 Å². The van der Waals surface area contributed by atoms with E-state index in [2.05, 4.69) is 17.0 Å². The molecule has 1 atom stereocenters. The predicted octanol–water partition coefficient (Wildman–Crippen LogP) is 2.74. The molecule has 4 nitrogen and oxygen atoms in total. The number of hydrogen-bond acceptors (Lipinski definition) is 3. The van der Waals surface area contributed by atoms with Gasteiger partial charge in [0, 0.05) is 13.1 Å². The largest absolute Gasteiger partial charge is 0.316 e. The lowest BCUT2D eigenvalue weighted by Crippen LogP contribution is -2.45. The molecular weight excluding hydrogens is 331 g/mol. The SMILES string of the molecule is Cc1ccc(S(=O)(=O)NCC2(C)CCCNC2)c(Cl)c1.Cl. The zero-order valence-electron chi connectivity index (χ0n) is 12.3. The number of rotatable bonds is 4. The molecule has 0 amide bonds. The van der Waals surface area contributed by atoms with Crippen molar-refractivity contribution in [1.82, 2.24) is 10.0 Å². The maximum absolute atomic E-state index is 12.3. The number of nitrogens with one attached hydrogen (secondary N) is 2. The molecule has 2 rings (SSSR count). The van der Waals surface area contributed by atoms with Gasteiger partial charge >= 0.3 is 0 Å². The van der Waals surface area contributed by atoms with Gasteiger partial charge in [-0.2, -0.15) is 0 Å². The highest BCUT2D eigenvalue weighted by molar-refractivity contribution is 7.89. The van der Waals surface area contributed by atoms with E-state index in [0.29, 0.717) is 6.54 Å². The summed E-state index contributed by atoms with van der Waals surface area (Å²) in [6, 6.07) is 4.98. The highest BCUT2D eigenvalue weighted by Crippen LogP contribution is 2.26. The van der Waals surface area contributed by atoms with Crippen molar-refractivity contribution >= 4 is 34.0 Å². The van der Waals surface area contributed by atoms with Gasteiger partial charge in [0.25, 0.3) is 0 Å². The van der Waals surface area contributed by atoms with Crippen LogP contribution in [0.1, 0.15) is 25.3 Å². The Bertz CT molecular complexity index is 585. The quantitative estimate of drug-likeness (QED) is 0.875. The number of benzene rings is 1. The molecule has 1 fully saturated rings. The molecule has 1 aromatic rings. The summed E-state index contributed by atoms with van der Waals surface area (Å²) in [7, 11) is -3.55. The van der Waals surface area contributed by atoms with Crippen molar-refractivity contribution in [3.05, 3.63) is 28.8 Å². The Morgan fingerprint density at radius 3 is 2.71 bits per heavy atom. The fraction of sp³-hybridized carbons (Fsp3) is 0.571. The molecule has 7 heteroatoms. The van der Waals surface area contributed by atoms with Crippen molar-refractivity contribution in [2.75, 3.05) is 19.6 Å². The average Bonchev–Trinajstić information content (AvgIpc) is 2.37. The van der Waals surface area contributed by atoms with E-state index in [4.69, 9.17) is 11.6 Å². The Morgan fingerprint density at radius 1 is 1.43 bits per heavy atom. The van der Waals surface area contributed by atoms with Gasteiger partial charge < -0.3 is 5.32 Å². The van der Waals surface area contributed by atoms with Gasteiger partial charge in [-0.05, 0) is 49.4 Å². The molecule has 0 bridgehead atoms. The Balaban J connectivity index is 0.00000220. The van der Waals surface area contributed by atoms with E-state index in [0.717, 1.165) is 31.5 Å². The maximum Gasteiger partial charge on any atom is 0.242 e. The summed E-state index contributed by atoms with van der Waals surface area (Å²) in [5.74, 6) is 0. The first kappa shape index (κ1) is 18.7. The van der Waals surface area contributed by atoms with Gasteiger partial charge in [-0.1, -0.05) is 24.6 Å². The second-order valence-electron chi connectivity index (χ2n) is 5.85. The summed E-state index contributed by atoms with van der Waals surface area (Å²) in [6.45, 7) is 6.23. The third-order valence-electron chi connectivity index (χ3n) is 3.75. The van der Waals surface area contributed by atoms with Gasteiger partial charge in [-0.15, -0.1) is 12.4 Å². The average molecular weight is 353 g/mol. The molecule has 120 valence electrons. The zero-order valence-corrected chi connectivity index (χ0v) is 14.7. The summed E-state index contributed by atoms with van der Waals surface area (Å²) in [4.78, 5) is 0.150. The third kappa shape index (κ3) is 4.83. The van der Waals surface area contributed by atoms with Crippen LogP contribution in [-0.4, -0.2) is 28.1 Å². The number of sulfonamides is 1. The van der Waals surface area contributed by atoms with Crippen molar-refractivity contribution < 1.29 is 8.42 Å². The minimum atomic E-state index is -3.55. The van der Waals surface area contributed by atoms with Gasteiger partial charge in [0.2, 0.25) is 10.0 Å². The van der Waals surface area contributed by atoms with Gasteiger partial charge in [0.05, 0.1) is 5.02 Å². The van der Waals surface area contributed by atoms with E-state index in [9.17, 15) is 8.42 Å². The molecule has 1 heterocycles. The first-order valence-electron chi connectivity index (χ1n) is 6.79. The number of halogens is 2. The highest BCUT2D eigenvalue weighted by atomic mass is 35.5. The van der Waals surface area contributed by atoms with Crippen LogP contribution in [0.25, 0.3) is 0 Å². The van der Waals surface area contributed by atoms with E-state index in [1.165, 1.54) is 0 Å². The smallest absolute Gasteiger partial charge is 0.242 e. The predicted molar refractivity (Wildman–Crippen MR) is 88.8 cm³/mol. The van der Waals surface area contributed by atoms with Crippen LogP contribution in [0.15, 0.2) is 23.1 Å². The number of aryl methyl sites for hydroxylation is 1. The Labute approximate surface area is 138 Å². The van der Waals surface area contributed by atoms with Gasteiger partial charge in [-0.25, -0.2) is 13.1 Å². The highest BCUT2D eigenvalue weighted by Gasteiger charge is 2.29. The van der Waals surface area contributed by atoms with Gasteiger partial charge in [0.15, 0.2) is 0 Å². The van der Waals surface area contributed by atoms with E-state index < -0.39 is 10.0 Å². The van der Waals surface area contributed by atoms with Crippen molar-refractivity contribution in [2.24, 2.45) is 5.41 Å². The first-order chi connectivity index (χ1) is 9.32. The summed E-state index contributed by atoms with van der Waals surface area (Å²) in [5, 5.41) is 3.58. The van der Waals surface area contributed by atoms with Crippen LogP contribution in [-0.2, 0) is 10.0 Å². The van der Waals surface area contributed by atoms with Crippen LogP contribution in [0.2, 0.25) is 5.02 Å². The molecule has 1 unspecified atom stereocenters.